The summed E-state index contributed by atoms with van der Waals surface area (Å²) < 4.78 is 5.01. The second-order valence-electron chi connectivity index (χ2n) is 3.56. The Morgan fingerprint density at radius 3 is 2.88 bits per heavy atom. The third kappa shape index (κ3) is 3.51. The Bertz CT molecular complexity index is 410. The van der Waals surface area contributed by atoms with E-state index < -0.39 is 0 Å². The number of benzene rings is 1. The summed E-state index contributed by atoms with van der Waals surface area (Å²) in [4.78, 5) is 1.95. The lowest BCUT2D eigenvalue weighted by Crippen LogP contribution is -2.26. The SMILES string of the molecule is COCCN(C)c1ccc(Cl)cc1C(N)=NO. The zero-order valence-corrected chi connectivity index (χ0v) is 10.6. The van der Waals surface area contributed by atoms with E-state index in [1.54, 1.807) is 19.2 Å². The lowest BCUT2D eigenvalue weighted by atomic mass is 10.1. The molecule has 0 saturated heterocycles. The van der Waals surface area contributed by atoms with Crippen LogP contribution in [0.4, 0.5) is 5.69 Å². The van der Waals surface area contributed by atoms with Gasteiger partial charge in [0.15, 0.2) is 5.84 Å². The summed E-state index contributed by atoms with van der Waals surface area (Å²) >= 11 is 5.89. The van der Waals surface area contributed by atoms with E-state index in [9.17, 15) is 0 Å². The number of oxime groups is 1. The maximum atomic E-state index is 8.74. The van der Waals surface area contributed by atoms with Gasteiger partial charge in [-0.25, -0.2) is 0 Å². The first kappa shape index (κ1) is 13.6. The van der Waals surface area contributed by atoms with Crippen LogP contribution >= 0.6 is 11.6 Å². The standard InChI is InChI=1S/C11H16ClN3O2/c1-15(5-6-17-2)10-4-3-8(12)7-9(10)11(13)14-16/h3-4,7,16H,5-6H2,1-2H3,(H2,13,14). The highest BCUT2D eigenvalue weighted by Gasteiger charge is 2.11. The van der Waals surface area contributed by atoms with Gasteiger partial charge in [-0.05, 0) is 18.2 Å². The highest BCUT2D eigenvalue weighted by Crippen LogP contribution is 2.23. The predicted octanol–water partition coefficient (Wildman–Crippen LogP) is 1.52. The molecule has 3 N–H and O–H groups in total. The zero-order valence-electron chi connectivity index (χ0n) is 9.85. The Morgan fingerprint density at radius 2 is 2.29 bits per heavy atom. The molecule has 17 heavy (non-hydrogen) atoms. The molecule has 1 aromatic carbocycles. The number of nitrogens with zero attached hydrogens (tertiary/aromatic N) is 2. The average Bonchev–Trinajstić information content (AvgIpc) is 2.34. The van der Waals surface area contributed by atoms with E-state index >= 15 is 0 Å². The van der Waals surface area contributed by atoms with Gasteiger partial charge in [-0.2, -0.15) is 0 Å². The second kappa shape index (κ2) is 6.32. The summed E-state index contributed by atoms with van der Waals surface area (Å²) in [6.45, 7) is 1.29. The molecule has 0 saturated carbocycles. The van der Waals surface area contributed by atoms with Gasteiger partial charge in [0.2, 0.25) is 0 Å². The number of rotatable bonds is 5. The molecular weight excluding hydrogens is 242 g/mol. The van der Waals surface area contributed by atoms with E-state index in [4.69, 9.17) is 27.3 Å². The van der Waals surface area contributed by atoms with Crippen LogP contribution < -0.4 is 10.6 Å². The summed E-state index contributed by atoms with van der Waals surface area (Å²) in [5.41, 5.74) is 7.04. The van der Waals surface area contributed by atoms with E-state index in [-0.39, 0.29) is 5.84 Å². The van der Waals surface area contributed by atoms with Crippen LogP contribution in [0.15, 0.2) is 23.4 Å². The lowest BCUT2D eigenvalue weighted by molar-refractivity contribution is 0.206. The molecule has 6 heteroatoms. The Hall–Kier alpha value is -1.46. The molecule has 0 aromatic heterocycles. The van der Waals surface area contributed by atoms with Crippen LogP contribution in [-0.2, 0) is 4.74 Å². The molecule has 0 unspecified atom stereocenters. The normalized spacial score (nSPS) is 11.6. The number of amidine groups is 1. The minimum Gasteiger partial charge on any atom is -0.409 e. The number of methoxy groups -OCH3 is 1. The summed E-state index contributed by atoms with van der Waals surface area (Å²) in [6.07, 6.45) is 0. The zero-order chi connectivity index (χ0) is 12.8. The van der Waals surface area contributed by atoms with E-state index in [0.717, 1.165) is 5.69 Å². The smallest absolute Gasteiger partial charge is 0.172 e. The van der Waals surface area contributed by atoms with Crippen molar-refractivity contribution in [3.8, 4) is 0 Å². The van der Waals surface area contributed by atoms with Gasteiger partial charge in [0.25, 0.3) is 0 Å². The highest BCUT2D eigenvalue weighted by molar-refractivity contribution is 6.31. The van der Waals surface area contributed by atoms with Crippen molar-refractivity contribution in [2.24, 2.45) is 10.9 Å². The van der Waals surface area contributed by atoms with E-state index in [1.807, 2.05) is 18.0 Å². The molecule has 0 bridgehead atoms. The number of likely N-dealkylation sites (N-methyl/N-ethyl adjacent to an activating group) is 1. The molecule has 94 valence electrons. The topological polar surface area (TPSA) is 71.1 Å². The van der Waals surface area contributed by atoms with Crippen molar-refractivity contribution in [1.29, 1.82) is 0 Å². The predicted molar refractivity (Wildman–Crippen MR) is 69.1 cm³/mol. The fourth-order valence-electron chi connectivity index (χ4n) is 1.45. The molecular formula is C11H16ClN3O2. The Labute approximate surface area is 105 Å². The van der Waals surface area contributed by atoms with Crippen molar-refractivity contribution in [2.45, 2.75) is 0 Å². The van der Waals surface area contributed by atoms with Crippen molar-refractivity contribution >= 4 is 23.1 Å². The summed E-state index contributed by atoms with van der Waals surface area (Å²) in [6, 6.07) is 5.24. The Morgan fingerprint density at radius 1 is 1.59 bits per heavy atom. The maximum Gasteiger partial charge on any atom is 0.172 e. The first-order chi connectivity index (χ1) is 8.10. The van der Waals surface area contributed by atoms with Crippen LogP contribution in [0, 0.1) is 0 Å². The number of halogens is 1. The molecule has 0 aliphatic heterocycles. The van der Waals surface area contributed by atoms with Gasteiger partial charge in [0.05, 0.1) is 6.61 Å². The highest BCUT2D eigenvalue weighted by atomic mass is 35.5. The summed E-state index contributed by atoms with van der Waals surface area (Å²) in [5, 5.41) is 12.3. The molecule has 0 spiro atoms. The van der Waals surface area contributed by atoms with Gasteiger partial charge in [0, 0.05) is 37.0 Å². The van der Waals surface area contributed by atoms with Gasteiger partial charge in [0.1, 0.15) is 0 Å². The molecule has 0 aliphatic rings. The van der Waals surface area contributed by atoms with Crippen molar-refractivity contribution in [2.75, 3.05) is 32.2 Å². The molecule has 0 heterocycles. The Balaban J connectivity index is 3.05. The third-order valence-corrected chi connectivity index (χ3v) is 2.62. The quantitative estimate of drug-likeness (QED) is 0.363. The molecule has 0 fully saturated rings. The molecule has 5 nitrogen and oxygen atoms in total. The first-order valence-corrected chi connectivity index (χ1v) is 5.45. The van der Waals surface area contributed by atoms with Gasteiger partial charge < -0.3 is 20.6 Å². The minimum absolute atomic E-state index is 0.0340. The number of hydrogen-bond donors (Lipinski definition) is 2. The number of ether oxygens (including phenoxy) is 1. The van der Waals surface area contributed by atoms with Crippen LogP contribution in [0.3, 0.4) is 0 Å². The molecule has 0 aliphatic carbocycles. The number of nitrogens with two attached hydrogens (primary N) is 1. The third-order valence-electron chi connectivity index (χ3n) is 2.38. The molecule has 0 amide bonds. The van der Waals surface area contributed by atoms with E-state index in [1.165, 1.54) is 0 Å². The monoisotopic (exact) mass is 257 g/mol. The van der Waals surface area contributed by atoms with Crippen LogP contribution in [-0.4, -0.2) is 38.4 Å². The molecule has 1 rings (SSSR count). The fourth-order valence-corrected chi connectivity index (χ4v) is 1.62. The second-order valence-corrected chi connectivity index (χ2v) is 4.00. The maximum absolute atomic E-state index is 8.74. The lowest BCUT2D eigenvalue weighted by Gasteiger charge is -2.21. The number of hydrogen-bond acceptors (Lipinski definition) is 4. The van der Waals surface area contributed by atoms with Gasteiger partial charge >= 0.3 is 0 Å². The van der Waals surface area contributed by atoms with Crippen molar-refractivity contribution in [3.05, 3.63) is 28.8 Å². The average molecular weight is 258 g/mol. The Kier molecular flexibility index (Phi) is 5.06. The minimum atomic E-state index is 0.0340. The molecule has 1 aromatic rings. The van der Waals surface area contributed by atoms with Crippen LogP contribution in [0.2, 0.25) is 5.02 Å². The van der Waals surface area contributed by atoms with Crippen molar-refractivity contribution in [3.63, 3.8) is 0 Å². The van der Waals surface area contributed by atoms with Crippen LogP contribution in [0.5, 0.6) is 0 Å². The van der Waals surface area contributed by atoms with E-state index in [2.05, 4.69) is 5.16 Å². The number of anilines is 1. The first-order valence-electron chi connectivity index (χ1n) is 5.07. The van der Waals surface area contributed by atoms with Crippen molar-refractivity contribution in [1.82, 2.24) is 0 Å². The largest absolute Gasteiger partial charge is 0.409 e. The fraction of sp³-hybridized carbons (Fsp3) is 0.364. The van der Waals surface area contributed by atoms with Crippen molar-refractivity contribution < 1.29 is 9.94 Å². The molecule has 0 atom stereocenters. The van der Waals surface area contributed by atoms with Crippen LogP contribution in [0.25, 0.3) is 0 Å². The van der Waals surface area contributed by atoms with Gasteiger partial charge in [-0.3, -0.25) is 0 Å². The van der Waals surface area contributed by atoms with Gasteiger partial charge in [-0.15, -0.1) is 0 Å². The summed E-state index contributed by atoms with van der Waals surface area (Å²) in [5.74, 6) is 0.0340. The van der Waals surface area contributed by atoms with E-state index in [0.29, 0.717) is 23.7 Å². The van der Waals surface area contributed by atoms with Crippen LogP contribution in [0.1, 0.15) is 5.56 Å². The molecule has 0 radical (unpaired) electrons. The van der Waals surface area contributed by atoms with Gasteiger partial charge in [-0.1, -0.05) is 16.8 Å². The summed E-state index contributed by atoms with van der Waals surface area (Å²) in [7, 11) is 3.54.